The second kappa shape index (κ2) is 7.44. The normalized spacial score (nSPS) is 19.0. The molecule has 0 saturated carbocycles. The minimum absolute atomic E-state index is 0.124. The number of hydrogen-bond acceptors (Lipinski definition) is 5. The van der Waals surface area contributed by atoms with Crippen LogP contribution in [-0.4, -0.2) is 69.8 Å². The molecule has 0 radical (unpaired) electrons. The first kappa shape index (κ1) is 17.2. The first-order valence-corrected chi connectivity index (χ1v) is 9.57. The van der Waals surface area contributed by atoms with Gasteiger partial charge >= 0.3 is 0 Å². The molecular weight excluding hydrogens is 298 g/mol. The number of rotatable bonds is 6. The maximum absolute atomic E-state index is 12.2. The molecule has 22 heavy (non-hydrogen) atoms. The molecule has 5 nitrogen and oxygen atoms in total. The minimum Gasteiger partial charge on any atom is -0.380 e. The number of sulfone groups is 1. The Hall–Kier alpha value is -1.11. The van der Waals surface area contributed by atoms with Gasteiger partial charge in [0.1, 0.15) is 0 Å². The lowest BCUT2D eigenvalue weighted by molar-refractivity contribution is 0.151. The topological polar surface area (TPSA) is 52.7 Å². The summed E-state index contributed by atoms with van der Waals surface area (Å²) in [7, 11) is -1.05. The molecule has 1 atom stereocenters. The van der Waals surface area contributed by atoms with E-state index in [-0.39, 0.29) is 11.8 Å². The van der Waals surface area contributed by atoms with Crippen LogP contribution >= 0.6 is 0 Å². The minimum atomic E-state index is -3.20. The number of anilines is 1. The molecular formula is C16H27N3O2S. The van der Waals surface area contributed by atoms with Gasteiger partial charge in [0.2, 0.25) is 0 Å². The van der Waals surface area contributed by atoms with Crippen LogP contribution in [0.25, 0.3) is 0 Å². The highest BCUT2D eigenvalue weighted by Crippen LogP contribution is 2.22. The van der Waals surface area contributed by atoms with E-state index in [1.807, 2.05) is 12.1 Å². The Bertz CT molecular complexity index is 581. The Kier molecular flexibility index (Phi) is 5.83. The summed E-state index contributed by atoms with van der Waals surface area (Å²) in [4.78, 5) is 5.16. The van der Waals surface area contributed by atoms with Crippen molar-refractivity contribution in [2.24, 2.45) is 0 Å². The third-order valence-electron chi connectivity index (χ3n) is 4.13. The highest BCUT2D eigenvalue weighted by molar-refractivity contribution is 7.91. The summed E-state index contributed by atoms with van der Waals surface area (Å²) in [6.07, 6.45) is 0. The highest BCUT2D eigenvalue weighted by atomic mass is 32.2. The highest BCUT2D eigenvalue weighted by Gasteiger charge is 2.19. The molecule has 0 bridgehead atoms. The van der Waals surface area contributed by atoms with Crippen molar-refractivity contribution < 1.29 is 8.42 Å². The van der Waals surface area contributed by atoms with Gasteiger partial charge in [-0.3, -0.25) is 4.90 Å². The molecule has 1 aromatic rings. The third-order valence-corrected chi connectivity index (χ3v) is 5.92. The SMILES string of the molecule is CCS(=O)(=O)c1ccccc1N[C@@H](C)CN1CCN(C)CC1. The largest absolute Gasteiger partial charge is 0.380 e. The first-order valence-electron chi connectivity index (χ1n) is 7.91. The molecule has 0 unspecified atom stereocenters. The number of nitrogens with zero attached hydrogens (tertiary/aromatic N) is 2. The molecule has 0 spiro atoms. The van der Waals surface area contributed by atoms with E-state index in [1.165, 1.54) is 0 Å². The average molecular weight is 325 g/mol. The fourth-order valence-electron chi connectivity index (χ4n) is 2.74. The Balaban J connectivity index is 2.01. The predicted molar refractivity (Wildman–Crippen MR) is 91.2 cm³/mol. The monoisotopic (exact) mass is 325 g/mol. The van der Waals surface area contributed by atoms with E-state index < -0.39 is 9.84 Å². The van der Waals surface area contributed by atoms with Crippen LogP contribution in [0.1, 0.15) is 13.8 Å². The average Bonchev–Trinajstić information content (AvgIpc) is 2.50. The lowest BCUT2D eigenvalue weighted by Crippen LogP contribution is -2.47. The summed E-state index contributed by atoms with van der Waals surface area (Å²) in [5.41, 5.74) is 0.714. The van der Waals surface area contributed by atoms with E-state index in [0.29, 0.717) is 10.6 Å². The quantitative estimate of drug-likeness (QED) is 0.859. The number of benzene rings is 1. The molecule has 124 valence electrons. The van der Waals surface area contributed by atoms with Crippen molar-refractivity contribution in [1.29, 1.82) is 0 Å². The second-order valence-electron chi connectivity index (χ2n) is 6.05. The summed E-state index contributed by atoms with van der Waals surface area (Å²) >= 11 is 0. The summed E-state index contributed by atoms with van der Waals surface area (Å²) in [5.74, 6) is 0.124. The zero-order valence-corrected chi connectivity index (χ0v) is 14.6. The fraction of sp³-hybridized carbons (Fsp3) is 0.625. The van der Waals surface area contributed by atoms with Crippen LogP contribution in [-0.2, 0) is 9.84 Å². The molecule has 1 aliphatic heterocycles. The molecule has 2 rings (SSSR count). The number of para-hydroxylation sites is 1. The van der Waals surface area contributed by atoms with Crippen LogP contribution in [0.15, 0.2) is 29.2 Å². The van der Waals surface area contributed by atoms with Crippen LogP contribution in [0.4, 0.5) is 5.69 Å². The van der Waals surface area contributed by atoms with Crippen LogP contribution in [0, 0.1) is 0 Å². The molecule has 1 fully saturated rings. The summed E-state index contributed by atoms with van der Waals surface area (Å²) in [5, 5.41) is 3.37. The maximum Gasteiger partial charge on any atom is 0.180 e. The zero-order valence-electron chi connectivity index (χ0n) is 13.7. The lowest BCUT2D eigenvalue weighted by Gasteiger charge is -2.34. The van der Waals surface area contributed by atoms with Crippen LogP contribution < -0.4 is 5.32 Å². The third kappa shape index (κ3) is 4.44. The number of likely N-dealkylation sites (N-methyl/N-ethyl adjacent to an activating group) is 1. The smallest absolute Gasteiger partial charge is 0.180 e. The van der Waals surface area contributed by atoms with Crippen LogP contribution in [0.2, 0.25) is 0 Å². The Morgan fingerprint density at radius 2 is 1.82 bits per heavy atom. The predicted octanol–water partition coefficient (Wildman–Crippen LogP) is 1.53. The van der Waals surface area contributed by atoms with Crippen molar-refractivity contribution in [3.05, 3.63) is 24.3 Å². The van der Waals surface area contributed by atoms with Gasteiger partial charge in [-0.25, -0.2) is 8.42 Å². The Labute approximate surface area is 134 Å². The molecule has 6 heteroatoms. The molecule has 0 amide bonds. The van der Waals surface area contributed by atoms with E-state index in [9.17, 15) is 8.42 Å². The van der Waals surface area contributed by atoms with E-state index in [4.69, 9.17) is 0 Å². The summed E-state index contributed by atoms with van der Waals surface area (Å²) in [6.45, 7) is 9.03. The van der Waals surface area contributed by atoms with Gasteiger partial charge in [-0.2, -0.15) is 0 Å². The van der Waals surface area contributed by atoms with Gasteiger partial charge in [0.15, 0.2) is 9.84 Å². The van der Waals surface area contributed by atoms with Gasteiger partial charge < -0.3 is 10.2 Å². The van der Waals surface area contributed by atoms with E-state index in [1.54, 1.807) is 19.1 Å². The zero-order chi connectivity index (χ0) is 16.2. The Morgan fingerprint density at radius 3 is 2.45 bits per heavy atom. The molecule has 1 heterocycles. The summed E-state index contributed by atoms with van der Waals surface area (Å²) < 4.78 is 24.3. The van der Waals surface area contributed by atoms with Crippen molar-refractivity contribution in [2.75, 3.05) is 50.8 Å². The molecule has 1 N–H and O–H groups in total. The van der Waals surface area contributed by atoms with Gasteiger partial charge in [-0.05, 0) is 26.1 Å². The van der Waals surface area contributed by atoms with Crippen molar-refractivity contribution in [3.63, 3.8) is 0 Å². The fourth-order valence-corrected chi connectivity index (χ4v) is 3.80. The summed E-state index contributed by atoms with van der Waals surface area (Å²) in [6, 6.07) is 7.39. The standard InChI is InChI=1S/C16H27N3O2S/c1-4-22(20,21)16-8-6-5-7-15(16)17-14(2)13-19-11-9-18(3)10-12-19/h5-8,14,17H,4,9-13H2,1-3H3/t14-/m0/s1. The number of hydrogen-bond donors (Lipinski definition) is 1. The molecule has 0 aromatic heterocycles. The van der Waals surface area contributed by atoms with Crippen molar-refractivity contribution in [3.8, 4) is 0 Å². The van der Waals surface area contributed by atoms with Gasteiger partial charge in [0, 0.05) is 38.8 Å². The van der Waals surface area contributed by atoms with E-state index >= 15 is 0 Å². The maximum atomic E-state index is 12.2. The van der Waals surface area contributed by atoms with Crippen LogP contribution in [0.5, 0.6) is 0 Å². The lowest BCUT2D eigenvalue weighted by atomic mass is 10.2. The van der Waals surface area contributed by atoms with Crippen molar-refractivity contribution in [2.45, 2.75) is 24.8 Å². The van der Waals surface area contributed by atoms with Gasteiger partial charge in [-0.15, -0.1) is 0 Å². The molecule has 0 aliphatic carbocycles. The molecule has 1 aromatic carbocycles. The van der Waals surface area contributed by atoms with Crippen LogP contribution in [0.3, 0.4) is 0 Å². The van der Waals surface area contributed by atoms with Gasteiger partial charge in [-0.1, -0.05) is 19.1 Å². The van der Waals surface area contributed by atoms with E-state index in [0.717, 1.165) is 32.7 Å². The van der Waals surface area contributed by atoms with Crippen molar-refractivity contribution >= 4 is 15.5 Å². The molecule has 1 saturated heterocycles. The second-order valence-corrected chi connectivity index (χ2v) is 8.30. The number of nitrogens with one attached hydrogen (secondary N) is 1. The number of piperazine rings is 1. The molecule has 1 aliphatic rings. The van der Waals surface area contributed by atoms with Gasteiger partial charge in [0.05, 0.1) is 16.3 Å². The first-order chi connectivity index (χ1) is 10.4. The van der Waals surface area contributed by atoms with Gasteiger partial charge in [0.25, 0.3) is 0 Å². The van der Waals surface area contributed by atoms with E-state index in [2.05, 4.69) is 29.1 Å². The Morgan fingerprint density at radius 1 is 1.18 bits per heavy atom. The van der Waals surface area contributed by atoms with Crippen molar-refractivity contribution in [1.82, 2.24) is 9.80 Å².